The van der Waals surface area contributed by atoms with Gasteiger partial charge in [0.1, 0.15) is 0 Å². The van der Waals surface area contributed by atoms with Gasteiger partial charge in [0.25, 0.3) is 5.91 Å². The van der Waals surface area contributed by atoms with E-state index in [9.17, 15) is 4.79 Å². The Morgan fingerprint density at radius 1 is 1.00 bits per heavy atom. The van der Waals surface area contributed by atoms with E-state index in [4.69, 9.17) is 0 Å². The molecule has 0 aliphatic rings. The van der Waals surface area contributed by atoms with Crippen molar-refractivity contribution in [2.75, 3.05) is 0 Å². The van der Waals surface area contributed by atoms with E-state index in [2.05, 4.69) is 4.99 Å². The molecule has 4 aromatic rings. The molecular weight excluding hydrogens is 318 g/mol. The summed E-state index contributed by atoms with van der Waals surface area (Å²) in [5, 5.41) is 0. The van der Waals surface area contributed by atoms with E-state index in [1.165, 1.54) is 11.3 Å². The number of carbonyl (C=O) groups excluding carboxylic acids is 1. The van der Waals surface area contributed by atoms with E-state index in [0.29, 0.717) is 10.4 Å². The summed E-state index contributed by atoms with van der Waals surface area (Å²) in [5.41, 5.74) is 2.61. The van der Waals surface area contributed by atoms with Crippen LogP contribution in [-0.4, -0.2) is 15.0 Å². The molecule has 0 fully saturated rings. The molecule has 0 bridgehead atoms. The highest BCUT2D eigenvalue weighted by molar-refractivity contribution is 7.16. The maximum Gasteiger partial charge on any atom is 0.279 e. The van der Waals surface area contributed by atoms with Crippen LogP contribution in [0.2, 0.25) is 0 Å². The molecule has 5 heteroatoms. The van der Waals surface area contributed by atoms with Gasteiger partial charge in [-0.1, -0.05) is 29.5 Å². The molecular formula is C19H15N3OS. The molecule has 4 nitrogen and oxygen atoms in total. The largest absolute Gasteiger partial charge is 0.324 e. The molecule has 1 amide bonds. The summed E-state index contributed by atoms with van der Waals surface area (Å²) in [5.74, 6) is -0.230. The molecule has 0 saturated carbocycles. The number of fused-ring (bicyclic) bond motifs is 1. The lowest BCUT2D eigenvalue weighted by Gasteiger charge is -2.04. The van der Waals surface area contributed by atoms with Crippen LogP contribution in [-0.2, 0) is 7.05 Å². The average Bonchev–Trinajstić information content (AvgIpc) is 3.25. The molecule has 24 heavy (non-hydrogen) atoms. The predicted octanol–water partition coefficient (Wildman–Crippen LogP) is 3.77. The van der Waals surface area contributed by atoms with Crippen molar-refractivity contribution in [1.29, 1.82) is 0 Å². The summed E-state index contributed by atoms with van der Waals surface area (Å²) in [6, 6.07) is 19.5. The molecule has 2 heterocycles. The summed E-state index contributed by atoms with van der Waals surface area (Å²) >= 11 is 1.52. The third-order valence-electron chi connectivity index (χ3n) is 3.91. The fraction of sp³-hybridized carbons (Fsp3) is 0.0526. The minimum atomic E-state index is -0.230. The normalized spacial score (nSPS) is 12.0. The first-order valence-electron chi connectivity index (χ1n) is 7.59. The third-order valence-corrected chi connectivity index (χ3v) is 5.02. The molecule has 2 aromatic heterocycles. The Kier molecular flexibility index (Phi) is 3.63. The molecule has 0 unspecified atom stereocenters. The maximum atomic E-state index is 12.6. The van der Waals surface area contributed by atoms with Gasteiger partial charge >= 0.3 is 0 Å². The molecule has 0 aliphatic heterocycles. The lowest BCUT2D eigenvalue weighted by Crippen LogP contribution is -2.13. The fourth-order valence-corrected chi connectivity index (χ4v) is 3.66. The van der Waals surface area contributed by atoms with Gasteiger partial charge < -0.3 is 9.13 Å². The molecule has 0 atom stereocenters. The molecule has 4 rings (SSSR count). The van der Waals surface area contributed by atoms with Gasteiger partial charge in [-0.25, -0.2) is 0 Å². The van der Waals surface area contributed by atoms with Gasteiger partial charge in [-0.3, -0.25) is 4.79 Å². The van der Waals surface area contributed by atoms with Crippen LogP contribution in [0.15, 0.2) is 78.0 Å². The first kappa shape index (κ1) is 14.7. The lowest BCUT2D eigenvalue weighted by atomic mass is 10.2. The van der Waals surface area contributed by atoms with Crippen LogP contribution in [0.1, 0.15) is 10.4 Å². The average molecular weight is 333 g/mol. The Labute approximate surface area is 143 Å². The number of para-hydroxylation sites is 1. The SMILES string of the molecule is Cn1c(=NC(=O)c2cccc(-n3cccc3)c2)sc2ccccc21. The first-order valence-corrected chi connectivity index (χ1v) is 8.41. The van der Waals surface area contributed by atoms with Crippen molar-refractivity contribution >= 4 is 27.5 Å². The zero-order chi connectivity index (χ0) is 16.5. The second-order valence-corrected chi connectivity index (χ2v) is 6.48. The number of amides is 1. The fourth-order valence-electron chi connectivity index (χ4n) is 2.65. The van der Waals surface area contributed by atoms with E-state index >= 15 is 0 Å². The predicted molar refractivity (Wildman–Crippen MR) is 96.5 cm³/mol. The number of hydrogen-bond acceptors (Lipinski definition) is 2. The van der Waals surface area contributed by atoms with Crippen molar-refractivity contribution in [2.45, 2.75) is 0 Å². The van der Waals surface area contributed by atoms with Gasteiger partial charge in [0, 0.05) is 30.7 Å². The van der Waals surface area contributed by atoms with Crippen LogP contribution < -0.4 is 4.80 Å². The van der Waals surface area contributed by atoms with Gasteiger partial charge in [-0.2, -0.15) is 4.99 Å². The third kappa shape index (κ3) is 2.59. The zero-order valence-corrected chi connectivity index (χ0v) is 13.9. The van der Waals surface area contributed by atoms with Gasteiger partial charge in [0.05, 0.1) is 10.2 Å². The highest BCUT2D eigenvalue weighted by Crippen LogP contribution is 2.16. The Bertz CT molecular complexity index is 1090. The number of thiazole rings is 1. The zero-order valence-electron chi connectivity index (χ0n) is 13.1. The van der Waals surface area contributed by atoms with Crippen molar-refractivity contribution in [1.82, 2.24) is 9.13 Å². The Morgan fingerprint density at radius 3 is 2.58 bits per heavy atom. The second kappa shape index (κ2) is 5.94. The van der Waals surface area contributed by atoms with E-state index in [0.717, 1.165) is 15.9 Å². The Hall–Kier alpha value is -2.92. The highest BCUT2D eigenvalue weighted by atomic mass is 32.1. The summed E-state index contributed by atoms with van der Waals surface area (Å²) < 4.78 is 5.04. The number of aryl methyl sites for hydroxylation is 1. The Morgan fingerprint density at radius 2 is 1.79 bits per heavy atom. The molecule has 118 valence electrons. The topological polar surface area (TPSA) is 39.3 Å². The summed E-state index contributed by atoms with van der Waals surface area (Å²) in [6.07, 6.45) is 3.90. The minimum absolute atomic E-state index is 0.230. The standard InChI is InChI=1S/C19H15N3OS/c1-21-16-9-2-3-10-17(16)24-19(21)20-18(23)14-7-6-8-15(13-14)22-11-4-5-12-22/h2-13H,1H3. The highest BCUT2D eigenvalue weighted by Gasteiger charge is 2.08. The lowest BCUT2D eigenvalue weighted by molar-refractivity contribution is 0.0998. The van der Waals surface area contributed by atoms with Crippen LogP contribution >= 0.6 is 11.3 Å². The van der Waals surface area contributed by atoms with Crippen LogP contribution in [0.25, 0.3) is 15.9 Å². The van der Waals surface area contributed by atoms with E-state index in [1.54, 1.807) is 6.07 Å². The van der Waals surface area contributed by atoms with Gasteiger partial charge in [-0.05, 0) is 42.5 Å². The van der Waals surface area contributed by atoms with Crippen LogP contribution in [0.4, 0.5) is 0 Å². The first-order chi connectivity index (χ1) is 11.7. The number of aromatic nitrogens is 2. The Balaban J connectivity index is 1.76. The molecule has 0 radical (unpaired) electrons. The summed E-state index contributed by atoms with van der Waals surface area (Å²) in [7, 11) is 1.93. The van der Waals surface area contributed by atoms with Crippen molar-refractivity contribution in [3.05, 3.63) is 83.4 Å². The number of rotatable bonds is 2. The monoisotopic (exact) mass is 333 g/mol. The van der Waals surface area contributed by atoms with Crippen LogP contribution in [0.5, 0.6) is 0 Å². The van der Waals surface area contributed by atoms with Gasteiger partial charge in [0.15, 0.2) is 4.80 Å². The minimum Gasteiger partial charge on any atom is -0.324 e. The summed E-state index contributed by atoms with van der Waals surface area (Å²) in [6.45, 7) is 0. The van der Waals surface area contributed by atoms with Crippen LogP contribution in [0, 0.1) is 0 Å². The molecule has 2 aromatic carbocycles. The number of carbonyl (C=O) groups is 1. The maximum absolute atomic E-state index is 12.6. The van der Waals surface area contributed by atoms with E-state index in [1.807, 2.05) is 83.2 Å². The van der Waals surface area contributed by atoms with Crippen molar-refractivity contribution in [2.24, 2.45) is 12.0 Å². The van der Waals surface area contributed by atoms with E-state index < -0.39 is 0 Å². The second-order valence-electron chi connectivity index (χ2n) is 5.47. The number of benzene rings is 2. The van der Waals surface area contributed by atoms with Crippen molar-refractivity contribution in [3.63, 3.8) is 0 Å². The molecule has 0 spiro atoms. The smallest absolute Gasteiger partial charge is 0.279 e. The van der Waals surface area contributed by atoms with E-state index in [-0.39, 0.29) is 5.91 Å². The quantitative estimate of drug-likeness (QED) is 0.550. The molecule has 0 aliphatic carbocycles. The van der Waals surface area contributed by atoms with Crippen molar-refractivity contribution < 1.29 is 4.79 Å². The van der Waals surface area contributed by atoms with Gasteiger partial charge in [0.2, 0.25) is 0 Å². The number of hydrogen-bond donors (Lipinski definition) is 0. The van der Waals surface area contributed by atoms with Crippen molar-refractivity contribution in [3.8, 4) is 5.69 Å². The summed E-state index contributed by atoms with van der Waals surface area (Å²) in [4.78, 5) is 17.6. The number of nitrogens with zero attached hydrogens (tertiary/aromatic N) is 3. The van der Waals surface area contributed by atoms with Crippen LogP contribution in [0.3, 0.4) is 0 Å². The van der Waals surface area contributed by atoms with Gasteiger partial charge in [-0.15, -0.1) is 0 Å². The molecule has 0 saturated heterocycles. The molecule has 0 N–H and O–H groups in total.